The van der Waals surface area contributed by atoms with Crippen LogP contribution in [0.15, 0.2) is 42.7 Å². The number of aromatic nitrogens is 2. The molecule has 164 valence electrons. The largest absolute Gasteiger partial charge is 0.484 e. The summed E-state index contributed by atoms with van der Waals surface area (Å²) >= 11 is 0. The van der Waals surface area contributed by atoms with Crippen LogP contribution in [0, 0.1) is 0 Å². The highest BCUT2D eigenvalue weighted by molar-refractivity contribution is 5.95. The summed E-state index contributed by atoms with van der Waals surface area (Å²) in [5, 5.41) is 2.91. The van der Waals surface area contributed by atoms with Gasteiger partial charge < -0.3 is 19.9 Å². The lowest BCUT2D eigenvalue weighted by Gasteiger charge is -2.34. The highest BCUT2D eigenvalue weighted by Crippen LogP contribution is 2.23. The zero-order valence-electron chi connectivity index (χ0n) is 17.6. The van der Waals surface area contributed by atoms with Gasteiger partial charge in [0.15, 0.2) is 6.61 Å². The van der Waals surface area contributed by atoms with E-state index in [-0.39, 0.29) is 18.4 Å². The zero-order chi connectivity index (χ0) is 21.5. The Balaban J connectivity index is 1.12. The second kappa shape index (κ2) is 10.2. The summed E-state index contributed by atoms with van der Waals surface area (Å²) in [7, 11) is 0. The van der Waals surface area contributed by atoms with Crippen LogP contribution in [0.4, 0.5) is 11.6 Å². The second-order valence-corrected chi connectivity index (χ2v) is 7.66. The van der Waals surface area contributed by atoms with E-state index in [2.05, 4.69) is 25.1 Å². The summed E-state index contributed by atoms with van der Waals surface area (Å²) in [5.74, 6) is 1.40. The number of carbonyl (C=O) groups is 2. The van der Waals surface area contributed by atoms with Crippen molar-refractivity contribution in [2.75, 3.05) is 62.2 Å². The van der Waals surface area contributed by atoms with Crippen LogP contribution in [0.3, 0.4) is 0 Å². The topological polar surface area (TPSA) is 90.9 Å². The molecule has 0 bridgehead atoms. The minimum absolute atomic E-state index is 0.0267. The molecule has 0 aliphatic carbocycles. The van der Waals surface area contributed by atoms with Crippen LogP contribution in [0.1, 0.15) is 12.8 Å². The lowest BCUT2D eigenvalue weighted by atomic mass is 10.3. The molecule has 2 aliphatic heterocycles. The van der Waals surface area contributed by atoms with Crippen LogP contribution in [-0.4, -0.2) is 79.1 Å². The Kier molecular flexibility index (Phi) is 6.93. The molecule has 2 fully saturated rings. The number of nitrogens with zero attached hydrogens (tertiary/aromatic N) is 5. The minimum atomic E-state index is -0.143. The normalized spacial score (nSPS) is 17.1. The van der Waals surface area contributed by atoms with E-state index in [4.69, 9.17) is 4.74 Å². The number of nitrogens with one attached hydrogen (secondary N) is 1. The van der Waals surface area contributed by atoms with Gasteiger partial charge in [-0.3, -0.25) is 14.5 Å². The maximum Gasteiger partial charge on any atom is 0.257 e. The van der Waals surface area contributed by atoms with E-state index in [0.29, 0.717) is 18.7 Å². The van der Waals surface area contributed by atoms with Gasteiger partial charge >= 0.3 is 0 Å². The van der Waals surface area contributed by atoms with Gasteiger partial charge in [-0.25, -0.2) is 9.97 Å². The van der Waals surface area contributed by atoms with Crippen molar-refractivity contribution in [2.45, 2.75) is 12.8 Å². The monoisotopic (exact) mass is 424 g/mol. The smallest absolute Gasteiger partial charge is 0.257 e. The van der Waals surface area contributed by atoms with E-state index < -0.39 is 0 Å². The first-order valence-electron chi connectivity index (χ1n) is 10.7. The van der Waals surface area contributed by atoms with Crippen molar-refractivity contribution < 1.29 is 14.3 Å². The molecule has 2 aromatic rings. The SMILES string of the molecule is O=C(COc1ccc(N2CCCC2=O)cc1)NCCN1CCN(c2ncccn2)CC1. The molecule has 2 aliphatic rings. The van der Waals surface area contributed by atoms with Gasteiger partial charge in [0.25, 0.3) is 5.91 Å². The molecule has 9 heteroatoms. The Morgan fingerprint density at radius 3 is 2.45 bits per heavy atom. The Morgan fingerprint density at radius 2 is 1.77 bits per heavy atom. The van der Waals surface area contributed by atoms with E-state index >= 15 is 0 Å². The Morgan fingerprint density at radius 1 is 1.03 bits per heavy atom. The van der Waals surface area contributed by atoms with Crippen LogP contribution in [-0.2, 0) is 9.59 Å². The maximum absolute atomic E-state index is 12.1. The summed E-state index contributed by atoms with van der Waals surface area (Å²) in [5.41, 5.74) is 0.873. The number of amides is 2. The first-order chi connectivity index (χ1) is 15.2. The molecule has 1 aromatic carbocycles. The quantitative estimate of drug-likeness (QED) is 0.674. The Hall–Kier alpha value is -3.20. The molecule has 0 unspecified atom stereocenters. The van der Waals surface area contributed by atoms with Crippen LogP contribution in [0.5, 0.6) is 5.75 Å². The van der Waals surface area contributed by atoms with Crippen molar-refractivity contribution in [3.05, 3.63) is 42.7 Å². The predicted molar refractivity (Wildman–Crippen MR) is 117 cm³/mol. The highest BCUT2D eigenvalue weighted by Gasteiger charge is 2.21. The molecule has 2 amide bonds. The molecule has 2 saturated heterocycles. The van der Waals surface area contributed by atoms with Gasteiger partial charge in [-0.05, 0) is 36.8 Å². The van der Waals surface area contributed by atoms with Crippen molar-refractivity contribution >= 4 is 23.5 Å². The number of rotatable bonds is 8. The molecular formula is C22H28N6O3. The lowest BCUT2D eigenvalue weighted by molar-refractivity contribution is -0.123. The molecule has 0 atom stereocenters. The number of hydrogen-bond acceptors (Lipinski definition) is 7. The van der Waals surface area contributed by atoms with Crippen LogP contribution in [0.25, 0.3) is 0 Å². The third kappa shape index (κ3) is 5.69. The predicted octanol–water partition coefficient (Wildman–Crippen LogP) is 0.921. The van der Waals surface area contributed by atoms with Gasteiger partial charge in [0.1, 0.15) is 5.75 Å². The molecule has 0 spiro atoms. The van der Waals surface area contributed by atoms with Gasteiger partial charge in [0, 0.05) is 70.3 Å². The van der Waals surface area contributed by atoms with Gasteiger partial charge in [-0.1, -0.05) is 0 Å². The number of carbonyl (C=O) groups excluding carboxylic acids is 2. The Labute approximate surface area is 182 Å². The van der Waals surface area contributed by atoms with E-state index in [1.165, 1.54) is 0 Å². The van der Waals surface area contributed by atoms with E-state index in [1.54, 1.807) is 29.4 Å². The fraction of sp³-hybridized carbons (Fsp3) is 0.455. The van der Waals surface area contributed by atoms with Gasteiger partial charge in [-0.2, -0.15) is 0 Å². The molecule has 1 aromatic heterocycles. The number of benzene rings is 1. The summed E-state index contributed by atoms with van der Waals surface area (Å²) in [6.07, 6.45) is 5.02. The average molecular weight is 425 g/mol. The van der Waals surface area contributed by atoms with Crippen molar-refractivity contribution in [3.8, 4) is 5.75 Å². The van der Waals surface area contributed by atoms with Crippen LogP contribution >= 0.6 is 0 Å². The number of anilines is 2. The third-order valence-corrected chi connectivity index (χ3v) is 5.55. The highest BCUT2D eigenvalue weighted by atomic mass is 16.5. The van der Waals surface area contributed by atoms with Crippen LogP contribution < -0.4 is 19.9 Å². The van der Waals surface area contributed by atoms with E-state index in [9.17, 15) is 9.59 Å². The third-order valence-electron chi connectivity index (χ3n) is 5.55. The first-order valence-corrected chi connectivity index (χ1v) is 10.7. The van der Waals surface area contributed by atoms with E-state index in [1.807, 2.05) is 18.2 Å². The standard InChI is InChI=1S/C22H28N6O3/c29-20(17-31-19-6-4-18(5-7-19)28-11-1-3-21(28)30)23-10-12-26-13-15-27(16-14-26)22-24-8-2-9-25-22/h2,4-9H,1,3,10-17H2,(H,23,29). The fourth-order valence-electron chi connectivity index (χ4n) is 3.82. The molecule has 0 saturated carbocycles. The van der Waals surface area contributed by atoms with Crippen molar-refractivity contribution in [1.29, 1.82) is 0 Å². The maximum atomic E-state index is 12.1. The number of piperazine rings is 1. The molecule has 1 N–H and O–H groups in total. The molecule has 0 radical (unpaired) electrons. The Bertz CT molecular complexity index is 869. The fourth-order valence-corrected chi connectivity index (χ4v) is 3.82. The summed E-state index contributed by atoms with van der Waals surface area (Å²) in [4.78, 5) is 38.7. The van der Waals surface area contributed by atoms with Crippen molar-refractivity contribution in [1.82, 2.24) is 20.2 Å². The molecule has 4 rings (SSSR count). The number of hydrogen-bond donors (Lipinski definition) is 1. The first kappa shape index (κ1) is 21.0. The van der Waals surface area contributed by atoms with E-state index in [0.717, 1.165) is 57.3 Å². The number of ether oxygens (including phenoxy) is 1. The van der Waals surface area contributed by atoms with Crippen molar-refractivity contribution in [2.24, 2.45) is 0 Å². The van der Waals surface area contributed by atoms with Crippen molar-refractivity contribution in [3.63, 3.8) is 0 Å². The van der Waals surface area contributed by atoms with Crippen LogP contribution in [0.2, 0.25) is 0 Å². The molecule has 31 heavy (non-hydrogen) atoms. The molecule has 9 nitrogen and oxygen atoms in total. The van der Waals surface area contributed by atoms with Gasteiger partial charge in [0.2, 0.25) is 11.9 Å². The zero-order valence-corrected chi connectivity index (χ0v) is 17.6. The van der Waals surface area contributed by atoms with Gasteiger partial charge in [0.05, 0.1) is 0 Å². The summed E-state index contributed by atoms with van der Waals surface area (Å²) in [6.45, 7) is 5.69. The molecule has 3 heterocycles. The summed E-state index contributed by atoms with van der Waals surface area (Å²) in [6, 6.07) is 9.12. The lowest BCUT2D eigenvalue weighted by Crippen LogP contribution is -2.49. The summed E-state index contributed by atoms with van der Waals surface area (Å²) < 4.78 is 5.57. The van der Waals surface area contributed by atoms with Gasteiger partial charge in [-0.15, -0.1) is 0 Å². The second-order valence-electron chi connectivity index (χ2n) is 7.66. The molecular weight excluding hydrogens is 396 g/mol. The average Bonchev–Trinajstić information content (AvgIpc) is 3.25. The minimum Gasteiger partial charge on any atom is -0.484 e.